The van der Waals surface area contributed by atoms with Crippen molar-refractivity contribution in [3.63, 3.8) is 0 Å². The molecule has 0 saturated carbocycles. The molecule has 1 heterocycles. The molecule has 0 aliphatic carbocycles. The zero-order chi connectivity index (χ0) is 15.1. The summed E-state index contributed by atoms with van der Waals surface area (Å²) < 4.78 is 0. The number of carbonyl (C=O) groups is 2. The number of aliphatic hydroxyl groups is 1. The van der Waals surface area contributed by atoms with Crippen LogP contribution >= 0.6 is 11.8 Å². The van der Waals surface area contributed by atoms with Gasteiger partial charge in [-0.2, -0.15) is 0 Å². The molecule has 0 bridgehead atoms. The van der Waals surface area contributed by atoms with Crippen molar-refractivity contribution >= 4 is 23.8 Å². The summed E-state index contributed by atoms with van der Waals surface area (Å²) in [7, 11) is 0. The Hall–Kier alpha value is -0.950. The molecule has 2 atom stereocenters. The van der Waals surface area contributed by atoms with Gasteiger partial charge in [-0.15, -0.1) is 11.8 Å². The van der Waals surface area contributed by atoms with E-state index >= 15 is 0 Å². The number of hydrogen-bond acceptors (Lipinski definition) is 4. The smallest absolute Gasteiger partial charge is 0.327 e. The minimum absolute atomic E-state index is 0.0913. The lowest BCUT2D eigenvalue weighted by molar-refractivity contribution is -0.141. The molecular formula is C13H24N2O4S. The Bertz CT molecular complexity index is 340. The molecule has 0 spiro atoms. The minimum atomic E-state index is -0.957. The summed E-state index contributed by atoms with van der Waals surface area (Å²) in [6.07, 6.45) is 2.52. The first-order valence-corrected chi connectivity index (χ1v) is 8.14. The van der Waals surface area contributed by atoms with E-state index in [0.29, 0.717) is 12.3 Å². The van der Waals surface area contributed by atoms with E-state index in [1.165, 1.54) is 16.7 Å². The number of carboxylic acid groups (broad SMARTS) is 1. The third-order valence-electron chi connectivity index (χ3n) is 3.37. The van der Waals surface area contributed by atoms with Crippen LogP contribution in [0.3, 0.4) is 0 Å². The lowest BCUT2D eigenvalue weighted by Gasteiger charge is -2.33. The van der Waals surface area contributed by atoms with Crippen LogP contribution in [0.1, 0.15) is 33.1 Å². The van der Waals surface area contributed by atoms with Crippen molar-refractivity contribution in [3.05, 3.63) is 0 Å². The Morgan fingerprint density at radius 3 is 2.55 bits per heavy atom. The monoisotopic (exact) mass is 304 g/mol. The first kappa shape index (κ1) is 17.1. The van der Waals surface area contributed by atoms with Crippen LogP contribution in [0.4, 0.5) is 4.79 Å². The first-order chi connectivity index (χ1) is 9.56. The predicted octanol–water partition coefficient (Wildman–Crippen LogP) is 1.44. The lowest BCUT2D eigenvalue weighted by atomic mass is 10.2. The van der Waals surface area contributed by atoms with E-state index in [1.807, 2.05) is 13.8 Å². The van der Waals surface area contributed by atoms with Crippen molar-refractivity contribution in [3.8, 4) is 0 Å². The summed E-state index contributed by atoms with van der Waals surface area (Å²) in [5, 5.41) is 18.3. The number of aliphatic hydroxyl groups excluding tert-OH is 1. The highest BCUT2D eigenvalue weighted by atomic mass is 32.2. The first-order valence-electron chi connectivity index (χ1n) is 7.09. The summed E-state index contributed by atoms with van der Waals surface area (Å²) in [4.78, 5) is 26.9. The van der Waals surface area contributed by atoms with Gasteiger partial charge in [-0.25, -0.2) is 9.59 Å². The summed E-state index contributed by atoms with van der Waals surface area (Å²) >= 11 is 1.51. The Kier molecular flexibility index (Phi) is 7.15. The zero-order valence-corrected chi connectivity index (χ0v) is 12.9. The molecule has 116 valence electrons. The number of rotatable bonds is 7. The van der Waals surface area contributed by atoms with Gasteiger partial charge in [0.05, 0.1) is 12.0 Å². The largest absolute Gasteiger partial charge is 0.480 e. The fourth-order valence-corrected chi connectivity index (χ4v) is 3.60. The van der Waals surface area contributed by atoms with Gasteiger partial charge in [-0.05, 0) is 12.8 Å². The third-order valence-corrected chi connectivity index (χ3v) is 4.82. The molecule has 1 rings (SSSR count). The molecular weight excluding hydrogens is 280 g/mol. The average Bonchev–Trinajstić information content (AvgIpc) is 2.86. The number of unbranched alkanes of at least 4 members (excludes halogenated alkanes) is 1. The van der Waals surface area contributed by atoms with Crippen molar-refractivity contribution in [1.82, 2.24) is 9.80 Å². The third kappa shape index (κ3) is 4.02. The summed E-state index contributed by atoms with van der Waals surface area (Å²) in [6.45, 7) is 4.68. The van der Waals surface area contributed by atoms with Gasteiger partial charge in [0.15, 0.2) is 0 Å². The van der Waals surface area contributed by atoms with Crippen LogP contribution in [0, 0.1) is 0 Å². The predicted molar refractivity (Wildman–Crippen MR) is 78.8 cm³/mol. The van der Waals surface area contributed by atoms with Crippen LogP contribution in [-0.2, 0) is 4.79 Å². The van der Waals surface area contributed by atoms with Gasteiger partial charge in [0.1, 0.15) is 6.04 Å². The molecule has 6 nitrogen and oxygen atoms in total. The molecule has 2 N–H and O–H groups in total. The number of amides is 2. The summed E-state index contributed by atoms with van der Waals surface area (Å²) in [5.74, 6) is -0.526. The lowest BCUT2D eigenvalue weighted by Crippen LogP contribution is -2.52. The van der Waals surface area contributed by atoms with E-state index in [0.717, 1.165) is 19.3 Å². The van der Waals surface area contributed by atoms with Crippen LogP contribution < -0.4 is 0 Å². The number of aliphatic carboxylic acids is 1. The van der Waals surface area contributed by atoms with Gasteiger partial charge in [0, 0.05) is 18.8 Å². The Labute approximate surface area is 124 Å². The van der Waals surface area contributed by atoms with Crippen LogP contribution in [0.15, 0.2) is 0 Å². The molecule has 0 aromatic rings. The maximum atomic E-state index is 12.6. The van der Waals surface area contributed by atoms with Gasteiger partial charge in [-0.3, -0.25) is 4.90 Å². The number of carboxylic acids is 1. The normalized spacial score (nSPS) is 22.1. The Morgan fingerprint density at radius 2 is 2.05 bits per heavy atom. The topological polar surface area (TPSA) is 81.1 Å². The van der Waals surface area contributed by atoms with Gasteiger partial charge in [-0.1, -0.05) is 20.3 Å². The number of nitrogens with zero attached hydrogens (tertiary/aromatic N) is 2. The standard InChI is InChI=1S/C13H24N2O4S/c1-3-5-6-14(7-8-16)13(19)15-10(12(17)18)9-20-11(15)4-2/h10-11,16H,3-9H2,1-2H3,(H,17,18). The van der Waals surface area contributed by atoms with E-state index in [4.69, 9.17) is 5.11 Å². The van der Waals surface area contributed by atoms with Crippen molar-refractivity contribution in [1.29, 1.82) is 0 Å². The van der Waals surface area contributed by atoms with Gasteiger partial charge in [0.25, 0.3) is 0 Å². The molecule has 1 aliphatic heterocycles. The van der Waals surface area contributed by atoms with E-state index in [-0.39, 0.29) is 24.6 Å². The van der Waals surface area contributed by atoms with E-state index in [1.54, 1.807) is 4.90 Å². The number of urea groups is 1. The number of carbonyl (C=O) groups excluding carboxylic acids is 1. The summed E-state index contributed by atoms with van der Waals surface area (Å²) in [5.41, 5.74) is 0. The molecule has 0 radical (unpaired) electrons. The summed E-state index contributed by atoms with van der Waals surface area (Å²) in [6, 6.07) is -1.03. The number of hydrogen-bond donors (Lipinski definition) is 2. The quantitative estimate of drug-likeness (QED) is 0.744. The molecule has 1 fully saturated rings. The SMILES string of the molecule is CCCCN(CCO)C(=O)N1C(CC)SCC1C(=O)O. The molecule has 2 amide bonds. The highest BCUT2D eigenvalue weighted by molar-refractivity contribution is 8.00. The van der Waals surface area contributed by atoms with E-state index in [9.17, 15) is 14.7 Å². The fourth-order valence-electron chi connectivity index (χ4n) is 2.26. The highest BCUT2D eigenvalue weighted by Crippen LogP contribution is 2.32. The molecule has 0 aromatic carbocycles. The number of thioether (sulfide) groups is 1. The Morgan fingerprint density at radius 1 is 1.35 bits per heavy atom. The second-order valence-electron chi connectivity index (χ2n) is 4.80. The van der Waals surface area contributed by atoms with Gasteiger partial charge in [0.2, 0.25) is 0 Å². The van der Waals surface area contributed by atoms with E-state index < -0.39 is 12.0 Å². The highest BCUT2D eigenvalue weighted by Gasteiger charge is 2.42. The fraction of sp³-hybridized carbons (Fsp3) is 0.846. The molecule has 20 heavy (non-hydrogen) atoms. The zero-order valence-electron chi connectivity index (χ0n) is 12.1. The van der Waals surface area contributed by atoms with Crippen LogP contribution in [0.25, 0.3) is 0 Å². The maximum absolute atomic E-state index is 12.6. The maximum Gasteiger partial charge on any atom is 0.327 e. The van der Waals surface area contributed by atoms with Crippen LogP contribution in [0.5, 0.6) is 0 Å². The minimum Gasteiger partial charge on any atom is -0.480 e. The average molecular weight is 304 g/mol. The van der Waals surface area contributed by atoms with Crippen molar-refractivity contribution in [2.45, 2.75) is 44.5 Å². The second-order valence-corrected chi connectivity index (χ2v) is 6.02. The van der Waals surface area contributed by atoms with E-state index in [2.05, 4.69) is 0 Å². The molecule has 2 unspecified atom stereocenters. The van der Waals surface area contributed by atoms with Gasteiger partial charge < -0.3 is 15.1 Å². The van der Waals surface area contributed by atoms with Gasteiger partial charge >= 0.3 is 12.0 Å². The molecule has 0 aromatic heterocycles. The second kappa shape index (κ2) is 8.36. The van der Waals surface area contributed by atoms with Crippen LogP contribution in [-0.4, -0.2) is 68.9 Å². The molecule has 7 heteroatoms. The van der Waals surface area contributed by atoms with Crippen molar-refractivity contribution < 1.29 is 19.8 Å². The van der Waals surface area contributed by atoms with Crippen molar-refractivity contribution in [2.75, 3.05) is 25.4 Å². The van der Waals surface area contributed by atoms with Crippen LogP contribution in [0.2, 0.25) is 0 Å². The van der Waals surface area contributed by atoms with Crippen molar-refractivity contribution in [2.24, 2.45) is 0 Å². The Balaban J connectivity index is 2.84. The molecule has 1 aliphatic rings. The molecule has 1 saturated heterocycles.